The number of benzene rings is 1. The normalized spacial score (nSPS) is 15.3. The van der Waals surface area contributed by atoms with Gasteiger partial charge in [-0.15, -0.1) is 0 Å². The quantitative estimate of drug-likeness (QED) is 0.413. The number of nitrogens with one attached hydrogen (secondary N) is 2. The molecule has 1 aromatic carbocycles. The van der Waals surface area contributed by atoms with Crippen molar-refractivity contribution in [1.29, 1.82) is 0 Å². The number of aliphatic carboxylic acids is 1. The number of carboxylic acids is 1. The summed E-state index contributed by atoms with van der Waals surface area (Å²) in [5.74, 6) is -3.26. The zero-order valence-corrected chi connectivity index (χ0v) is 20.8. The molecule has 200 valence electrons. The second-order valence-corrected chi connectivity index (χ2v) is 11.4. The number of carboxylic acid groups (broad SMARTS) is 1. The Morgan fingerprint density at radius 1 is 1.09 bits per heavy atom. The second-order valence-electron chi connectivity index (χ2n) is 7.38. The molecule has 0 bridgehead atoms. The van der Waals surface area contributed by atoms with E-state index in [0.29, 0.717) is 38.3 Å². The van der Waals surface area contributed by atoms with Crippen LogP contribution in [0.2, 0.25) is 0 Å². The monoisotopic (exact) mass is 546 g/mol. The van der Waals surface area contributed by atoms with E-state index in [9.17, 15) is 34.8 Å². The molecule has 1 saturated heterocycles. The largest absolute Gasteiger partial charge is 0.490 e. The zero-order chi connectivity index (χ0) is 26.9. The van der Waals surface area contributed by atoms with Gasteiger partial charge in [0.05, 0.1) is 10.6 Å². The Labute approximate surface area is 202 Å². The molecule has 1 aliphatic rings. The molecule has 0 aromatic heterocycles. The van der Waals surface area contributed by atoms with Crippen LogP contribution in [0.3, 0.4) is 0 Å². The van der Waals surface area contributed by atoms with Crippen molar-refractivity contribution in [2.45, 2.75) is 31.3 Å². The predicted octanol–water partition coefficient (Wildman–Crippen LogP) is 0.914. The maximum atomic E-state index is 13.0. The van der Waals surface area contributed by atoms with Crippen molar-refractivity contribution in [2.75, 3.05) is 50.3 Å². The fourth-order valence-electron chi connectivity index (χ4n) is 2.93. The molecule has 1 amide bonds. The highest BCUT2D eigenvalue weighted by molar-refractivity contribution is 7.90. The van der Waals surface area contributed by atoms with Gasteiger partial charge in [-0.1, -0.05) is 6.92 Å². The molecular formula is C19H29F3N4O7S2. The number of amides is 1. The van der Waals surface area contributed by atoms with Crippen LogP contribution in [-0.2, 0) is 29.6 Å². The standard InChI is InChI=1S/C17H28N4O5S2.C2HF3O2/c1-3-10-21(13-14-27(23,24)20-11-8-18-9-12-20)28(25,26)17-6-4-16(5-7-17)19-15(2)22;3-2(4,5)1(6)7/h4-7,18H,3,8-14H2,1-2H3,(H,19,22);(H,6,7). The van der Waals surface area contributed by atoms with Crippen molar-refractivity contribution in [2.24, 2.45) is 0 Å². The van der Waals surface area contributed by atoms with Gasteiger partial charge in [-0.2, -0.15) is 21.8 Å². The average Bonchev–Trinajstić information content (AvgIpc) is 2.77. The number of rotatable bonds is 9. The van der Waals surface area contributed by atoms with Gasteiger partial charge in [-0.25, -0.2) is 21.6 Å². The molecule has 1 aliphatic heterocycles. The van der Waals surface area contributed by atoms with Gasteiger partial charge in [-0.3, -0.25) is 4.79 Å². The Morgan fingerprint density at radius 2 is 1.60 bits per heavy atom. The topological polar surface area (TPSA) is 153 Å². The lowest BCUT2D eigenvalue weighted by Gasteiger charge is -2.28. The average molecular weight is 547 g/mol. The summed E-state index contributed by atoms with van der Waals surface area (Å²) in [5, 5.41) is 12.8. The highest BCUT2D eigenvalue weighted by atomic mass is 32.2. The number of alkyl halides is 3. The molecular weight excluding hydrogens is 517 g/mol. The zero-order valence-electron chi connectivity index (χ0n) is 19.2. The molecule has 11 nitrogen and oxygen atoms in total. The van der Waals surface area contributed by atoms with Crippen LogP contribution >= 0.6 is 0 Å². The van der Waals surface area contributed by atoms with Crippen LogP contribution in [0.25, 0.3) is 0 Å². The van der Waals surface area contributed by atoms with Crippen molar-refractivity contribution in [3.63, 3.8) is 0 Å². The lowest BCUT2D eigenvalue weighted by Crippen LogP contribution is -2.48. The summed E-state index contributed by atoms with van der Waals surface area (Å²) in [6, 6.07) is 5.84. The van der Waals surface area contributed by atoms with E-state index in [4.69, 9.17) is 9.90 Å². The van der Waals surface area contributed by atoms with Gasteiger partial charge in [0.25, 0.3) is 0 Å². The van der Waals surface area contributed by atoms with Gasteiger partial charge in [0.15, 0.2) is 0 Å². The van der Waals surface area contributed by atoms with E-state index in [-0.39, 0.29) is 29.6 Å². The molecule has 2 rings (SSSR count). The van der Waals surface area contributed by atoms with Crippen molar-refractivity contribution >= 4 is 37.6 Å². The smallest absolute Gasteiger partial charge is 0.475 e. The summed E-state index contributed by atoms with van der Waals surface area (Å²) in [6.07, 6.45) is -4.52. The van der Waals surface area contributed by atoms with Crippen molar-refractivity contribution < 1.29 is 44.7 Å². The summed E-state index contributed by atoms with van der Waals surface area (Å²) >= 11 is 0. The number of carbonyl (C=O) groups excluding carboxylic acids is 1. The Balaban J connectivity index is 0.000000762. The van der Waals surface area contributed by atoms with Crippen LogP contribution in [0, 0.1) is 0 Å². The molecule has 0 atom stereocenters. The van der Waals surface area contributed by atoms with E-state index in [2.05, 4.69) is 10.6 Å². The first-order chi connectivity index (χ1) is 16.1. The summed E-state index contributed by atoms with van der Waals surface area (Å²) < 4.78 is 85.4. The fourth-order valence-corrected chi connectivity index (χ4v) is 6.03. The lowest BCUT2D eigenvalue weighted by molar-refractivity contribution is -0.192. The van der Waals surface area contributed by atoms with Crippen LogP contribution in [0.15, 0.2) is 29.2 Å². The third-order valence-corrected chi connectivity index (χ3v) is 8.36. The Morgan fingerprint density at radius 3 is 2.03 bits per heavy atom. The first-order valence-corrected chi connectivity index (χ1v) is 13.5. The van der Waals surface area contributed by atoms with E-state index >= 15 is 0 Å². The number of sulfonamides is 2. The molecule has 0 unspecified atom stereocenters. The third-order valence-electron chi connectivity index (χ3n) is 4.60. The summed E-state index contributed by atoms with van der Waals surface area (Å²) in [5.41, 5.74) is 0.495. The van der Waals surface area contributed by atoms with E-state index < -0.39 is 32.2 Å². The maximum absolute atomic E-state index is 13.0. The number of nitrogens with zero attached hydrogens (tertiary/aromatic N) is 2. The third kappa shape index (κ3) is 10.1. The van der Waals surface area contributed by atoms with Crippen molar-refractivity contribution in [3.05, 3.63) is 24.3 Å². The highest BCUT2D eigenvalue weighted by Gasteiger charge is 2.38. The SMILES string of the molecule is CCCN(CCS(=O)(=O)N1CCNCC1)S(=O)(=O)c1ccc(NC(C)=O)cc1.O=C(O)C(F)(F)F. The van der Waals surface area contributed by atoms with Crippen LogP contribution in [-0.4, -0.2) is 93.6 Å². The number of halogens is 3. The molecule has 35 heavy (non-hydrogen) atoms. The summed E-state index contributed by atoms with van der Waals surface area (Å²) in [6.45, 7) is 5.32. The van der Waals surface area contributed by atoms with Gasteiger partial charge >= 0.3 is 12.1 Å². The van der Waals surface area contributed by atoms with Gasteiger partial charge in [-0.05, 0) is 30.7 Å². The highest BCUT2D eigenvalue weighted by Crippen LogP contribution is 2.19. The van der Waals surface area contributed by atoms with Crippen LogP contribution in [0.1, 0.15) is 20.3 Å². The van der Waals surface area contributed by atoms with Crippen LogP contribution in [0.4, 0.5) is 18.9 Å². The molecule has 1 aromatic rings. The lowest BCUT2D eigenvalue weighted by atomic mass is 10.3. The molecule has 0 aliphatic carbocycles. The van der Waals surface area contributed by atoms with E-state index in [1.54, 1.807) is 0 Å². The molecule has 3 N–H and O–H groups in total. The minimum Gasteiger partial charge on any atom is -0.475 e. The first kappa shape index (κ1) is 30.8. The fraction of sp³-hybridized carbons (Fsp3) is 0.579. The molecule has 0 spiro atoms. The van der Waals surface area contributed by atoms with Crippen molar-refractivity contribution in [1.82, 2.24) is 13.9 Å². The van der Waals surface area contributed by atoms with Gasteiger partial charge < -0.3 is 15.7 Å². The number of piperazine rings is 1. The molecule has 0 radical (unpaired) electrons. The molecule has 16 heteroatoms. The molecule has 0 saturated carbocycles. The Bertz CT molecular complexity index is 1060. The van der Waals surface area contributed by atoms with E-state index in [1.807, 2.05) is 6.92 Å². The minimum atomic E-state index is -5.08. The van der Waals surface area contributed by atoms with Crippen LogP contribution in [0.5, 0.6) is 0 Å². The summed E-state index contributed by atoms with van der Waals surface area (Å²) in [7, 11) is -7.36. The van der Waals surface area contributed by atoms with Gasteiger partial charge in [0, 0.05) is 51.9 Å². The number of anilines is 1. The second kappa shape index (κ2) is 13.2. The predicted molar refractivity (Wildman–Crippen MR) is 122 cm³/mol. The van der Waals surface area contributed by atoms with E-state index in [1.165, 1.54) is 39.8 Å². The molecule has 1 heterocycles. The first-order valence-electron chi connectivity index (χ1n) is 10.5. The number of carbonyl (C=O) groups is 2. The summed E-state index contributed by atoms with van der Waals surface area (Å²) in [4.78, 5) is 20.1. The van der Waals surface area contributed by atoms with E-state index in [0.717, 1.165) is 0 Å². The maximum Gasteiger partial charge on any atom is 0.490 e. The number of hydrogen-bond acceptors (Lipinski definition) is 7. The van der Waals surface area contributed by atoms with Crippen molar-refractivity contribution in [3.8, 4) is 0 Å². The van der Waals surface area contributed by atoms with Gasteiger partial charge in [0.2, 0.25) is 26.0 Å². The molecule has 1 fully saturated rings. The van der Waals surface area contributed by atoms with Crippen LogP contribution < -0.4 is 10.6 Å². The van der Waals surface area contributed by atoms with Gasteiger partial charge in [0.1, 0.15) is 0 Å². The Hall–Kier alpha value is -2.27. The minimum absolute atomic E-state index is 0.0645. The number of hydrogen-bond donors (Lipinski definition) is 3. The Kier molecular flexibility index (Phi) is 11.6.